The van der Waals surface area contributed by atoms with E-state index in [4.69, 9.17) is 11.6 Å². The summed E-state index contributed by atoms with van der Waals surface area (Å²) in [7, 11) is 0. The first-order valence-electron chi connectivity index (χ1n) is 5.74. The van der Waals surface area contributed by atoms with Crippen LogP contribution in [0.3, 0.4) is 0 Å². The first kappa shape index (κ1) is 13.7. The summed E-state index contributed by atoms with van der Waals surface area (Å²) in [6.07, 6.45) is 0.979. The van der Waals surface area contributed by atoms with Crippen LogP contribution < -0.4 is 5.32 Å². The average molecular weight is 254 g/mol. The lowest BCUT2D eigenvalue weighted by molar-refractivity contribution is -0.129. The first-order valence-corrected chi connectivity index (χ1v) is 6.18. The van der Waals surface area contributed by atoms with Crippen LogP contribution in [0.4, 0.5) is 8.78 Å². The van der Waals surface area contributed by atoms with Crippen molar-refractivity contribution in [1.29, 1.82) is 0 Å². The fraction of sp³-hybridized carbons (Fsp3) is 0.909. The Balaban J connectivity index is 2.28. The van der Waals surface area contributed by atoms with Crippen molar-refractivity contribution in [2.45, 2.75) is 50.3 Å². The van der Waals surface area contributed by atoms with Crippen molar-refractivity contribution in [2.75, 3.05) is 6.54 Å². The molecule has 0 aromatic rings. The molecule has 0 aromatic carbocycles. The van der Waals surface area contributed by atoms with Crippen LogP contribution in [-0.4, -0.2) is 23.8 Å². The van der Waals surface area contributed by atoms with Crippen molar-refractivity contribution in [3.63, 3.8) is 0 Å². The van der Waals surface area contributed by atoms with Gasteiger partial charge in [-0.3, -0.25) is 4.79 Å². The lowest BCUT2D eigenvalue weighted by atomic mass is 9.86. The van der Waals surface area contributed by atoms with Crippen molar-refractivity contribution < 1.29 is 13.6 Å². The van der Waals surface area contributed by atoms with Crippen LogP contribution in [0.15, 0.2) is 0 Å². The van der Waals surface area contributed by atoms with Crippen molar-refractivity contribution in [3.8, 4) is 0 Å². The summed E-state index contributed by atoms with van der Waals surface area (Å²) in [6, 6.07) is 0. The molecule has 94 valence electrons. The highest BCUT2D eigenvalue weighted by molar-refractivity contribution is 6.20. The molecule has 0 aliphatic heterocycles. The lowest BCUT2D eigenvalue weighted by Gasteiger charge is -2.27. The van der Waals surface area contributed by atoms with E-state index >= 15 is 0 Å². The van der Waals surface area contributed by atoms with Gasteiger partial charge in [0.25, 0.3) is 0 Å². The maximum atomic E-state index is 12.9. The minimum absolute atomic E-state index is 0.0750. The summed E-state index contributed by atoms with van der Waals surface area (Å²) in [5.74, 6) is -2.97. The highest BCUT2D eigenvalue weighted by atomic mass is 35.5. The largest absolute Gasteiger partial charge is 0.354 e. The molecule has 1 fully saturated rings. The highest BCUT2D eigenvalue weighted by Crippen LogP contribution is 2.36. The molecule has 1 saturated carbocycles. The lowest BCUT2D eigenvalue weighted by Crippen LogP contribution is -2.38. The summed E-state index contributed by atoms with van der Waals surface area (Å²) in [6.45, 7) is 2.36. The monoisotopic (exact) mass is 253 g/mol. The number of alkyl halides is 3. The zero-order chi connectivity index (χ0) is 12.2. The molecule has 0 heterocycles. The Morgan fingerprint density at radius 2 is 2.06 bits per heavy atom. The van der Waals surface area contributed by atoms with Gasteiger partial charge in [0.05, 0.1) is 5.38 Å². The fourth-order valence-electron chi connectivity index (χ4n) is 1.80. The maximum absolute atomic E-state index is 12.9. The molecule has 2 nitrogen and oxygen atoms in total. The fourth-order valence-corrected chi connectivity index (χ4v) is 1.88. The second-order valence-electron chi connectivity index (χ2n) is 4.38. The number of hydrogen-bond donors (Lipinski definition) is 1. The molecule has 1 amide bonds. The third kappa shape index (κ3) is 4.24. The molecule has 1 aliphatic carbocycles. The molecule has 1 rings (SSSR count). The van der Waals surface area contributed by atoms with Crippen LogP contribution in [0.1, 0.15) is 39.0 Å². The molecule has 0 radical (unpaired) electrons. The first-order chi connectivity index (χ1) is 7.44. The summed E-state index contributed by atoms with van der Waals surface area (Å²) in [5, 5.41) is 2.64. The Labute approximate surface area is 99.7 Å². The van der Waals surface area contributed by atoms with E-state index in [1.165, 1.54) is 0 Å². The number of rotatable bonds is 4. The van der Waals surface area contributed by atoms with Gasteiger partial charge in [0.2, 0.25) is 11.8 Å². The molecule has 16 heavy (non-hydrogen) atoms. The number of carbonyl (C=O) groups excluding carboxylic acids is 1. The van der Waals surface area contributed by atoms with Crippen LogP contribution >= 0.6 is 11.6 Å². The smallest absolute Gasteiger partial charge is 0.248 e. The molecule has 5 heteroatoms. The van der Waals surface area contributed by atoms with Crippen molar-refractivity contribution in [2.24, 2.45) is 5.92 Å². The van der Waals surface area contributed by atoms with Crippen molar-refractivity contribution in [1.82, 2.24) is 5.32 Å². The molecule has 1 aliphatic rings. The van der Waals surface area contributed by atoms with E-state index in [-0.39, 0.29) is 42.9 Å². The van der Waals surface area contributed by atoms with Gasteiger partial charge in [-0.1, -0.05) is 6.92 Å². The number of hydrogen-bond acceptors (Lipinski definition) is 1. The summed E-state index contributed by atoms with van der Waals surface area (Å²) >= 11 is 5.86. The SMILES string of the molecule is CCC(Cl)CNC(=O)C1CCC(F)(F)CC1. The summed E-state index contributed by atoms with van der Waals surface area (Å²) in [4.78, 5) is 11.6. The zero-order valence-electron chi connectivity index (χ0n) is 9.44. The molecule has 1 unspecified atom stereocenters. The molecule has 0 spiro atoms. The summed E-state index contributed by atoms with van der Waals surface area (Å²) in [5.41, 5.74) is 0. The van der Waals surface area contributed by atoms with Gasteiger partial charge in [-0.25, -0.2) is 8.78 Å². The highest BCUT2D eigenvalue weighted by Gasteiger charge is 2.37. The van der Waals surface area contributed by atoms with Gasteiger partial charge in [0, 0.05) is 25.3 Å². The summed E-state index contributed by atoms with van der Waals surface area (Å²) < 4.78 is 25.7. The quantitative estimate of drug-likeness (QED) is 0.767. The minimum atomic E-state index is -2.57. The molecule has 1 atom stereocenters. The van der Waals surface area contributed by atoms with E-state index in [9.17, 15) is 13.6 Å². The van der Waals surface area contributed by atoms with Crippen LogP contribution in [0, 0.1) is 5.92 Å². The van der Waals surface area contributed by atoms with E-state index < -0.39 is 5.92 Å². The Hall–Kier alpha value is -0.380. The standard InChI is InChI=1S/C11H18ClF2NO/c1-2-9(12)7-15-10(16)8-3-5-11(13,14)6-4-8/h8-9H,2-7H2,1H3,(H,15,16). The van der Waals surface area contributed by atoms with Gasteiger partial charge in [0.1, 0.15) is 0 Å². The second kappa shape index (κ2) is 5.80. The average Bonchev–Trinajstić information content (AvgIpc) is 2.25. The predicted molar refractivity (Wildman–Crippen MR) is 59.8 cm³/mol. The van der Waals surface area contributed by atoms with Crippen LogP contribution in [0.5, 0.6) is 0 Å². The van der Waals surface area contributed by atoms with Gasteiger partial charge in [-0.2, -0.15) is 0 Å². The molecular weight excluding hydrogens is 236 g/mol. The molecule has 0 aromatic heterocycles. The van der Waals surface area contributed by atoms with Gasteiger partial charge in [-0.15, -0.1) is 11.6 Å². The van der Waals surface area contributed by atoms with Gasteiger partial charge in [0.15, 0.2) is 0 Å². The van der Waals surface area contributed by atoms with E-state index in [1.807, 2.05) is 6.92 Å². The molecule has 1 N–H and O–H groups in total. The number of amides is 1. The van der Waals surface area contributed by atoms with Crippen molar-refractivity contribution >= 4 is 17.5 Å². The third-order valence-corrected chi connectivity index (χ3v) is 3.49. The normalized spacial score (nSPS) is 22.8. The van der Waals surface area contributed by atoms with Gasteiger partial charge in [-0.05, 0) is 19.3 Å². The number of halogens is 3. The Bertz CT molecular complexity index is 238. The zero-order valence-corrected chi connectivity index (χ0v) is 10.2. The van der Waals surface area contributed by atoms with E-state index in [0.717, 1.165) is 6.42 Å². The number of nitrogens with one attached hydrogen (secondary N) is 1. The van der Waals surface area contributed by atoms with Crippen LogP contribution in [-0.2, 0) is 4.79 Å². The Morgan fingerprint density at radius 1 is 1.50 bits per heavy atom. The van der Waals surface area contributed by atoms with Crippen molar-refractivity contribution in [3.05, 3.63) is 0 Å². The van der Waals surface area contributed by atoms with E-state index in [0.29, 0.717) is 6.54 Å². The predicted octanol–water partition coefficient (Wildman–Crippen LogP) is 2.95. The van der Waals surface area contributed by atoms with Gasteiger partial charge < -0.3 is 5.32 Å². The molecular formula is C11H18ClF2NO. The van der Waals surface area contributed by atoms with E-state index in [1.54, 1.807) is 0 Å². The topological polar surface area (TPSA) is 29.1 Å². The second-order valence-corrected chi connectivity index (χ2v) is 5.00. The van der Waals surface area contributed by atoms with Crippen LogP contribution in [0.25, 0.3) is 0 Å². The minimum Gasteiger partial charge on any atom is -0.354 e. The number of carbonyl (C=O) groups is 1. The molecule has 0 bridgehead atoms. The van der Waals surface area contributed by atoms with E-state index in [2.05, 4.69) is 5.32 Å². The molecule has 0 saturated heterocycles. The maximum Gasteiger partial charge on any atom is 0.248 e. The third-order valence-electron chi connectivity index (χ3n) is 3.03. The van der Waals surface area contributed by atoms with Crippen LogP contribution in [0.2, 0.25) is 0 Å². The Morgan fingerprint density at radius 3 is 2.56 bits per heavy atom. The van der Waals surface area contributed by atoms with Gasteiger partial charge >= 0.3 is 0 Å². The Kier molecular flexibility index (Phi) is 4.96.